The van der Waals surface area contributed by atoms with Crippen LogP contribution >= 0.6 is 7.82 Å². The van der Waals surface area contributed by atoms with Gasteiger partial charge in [0.05, 0.1) is 13.2 Å². The Morgan fingerprint density at radius 3 is 2.00 bits per heavy atom. The number of rotatable bonds is 14. The Labute approximate surface area is 315 Å². The van der Waals surface area contributed by atoms with Crippen LogP contribution in [0.5, 0.6) is 5.75 Å². The van der Waals surface area contributed by atoms with Crippen LogP contribution in [0, 0.1) is 0 Å². The summed E-state index contributed by atoms with van der Waals surface area (Å²) in [5.41, 5.74) is 1.34. The summed E-state index contributed by atoms with van der Waals surface area (Å²) in [5, 5.41) is 7.78. The molecule has 3 aromatic rings. The Bertz CT molecular complexity index is 1790. The number of hydrazine groups is 1. The lowest BCUT2D eigenvalue weighted by atomic mass is 10.0. The molecule has 0 radical (unpaired) electrons. The smallest absolute Gasteiger partial charge is 0.458 e. The zero-order valence-electron chi connectivity index (χ0n) is 30.9. The third-order valence-corrected chi connectivity index (χ3v) is 9.92. The van der Waals surface area contributed by atoms with Crippen molar-refractivity contribution in [3.8, 4) is 5.75 Å². The molecule has 0 bridgehead atoms. The van der Waals surface area contributed by atoms with Gasteiger partial charge in [-0.3, -0.25) is 33.2 Å². The standard InChI is InChI=1S/C39H47N4O10P/c1-27(44)40-33(36(46)41-32-21-22-35(45)42-23-11-16-34(43(42)37(32)47)38(48)52-39(2,3)4)24-28-17-19-31(20-18-28)53-54(49,50-25-29-12-7-5-8-13-29)51-26-30-14-9-6-10-15-30/h5-10,12-15,17-20,32-34H,11,16,21-26H2,1-4H3,(H,40,44)(H,41,46)/t32-,33-,34-/m0/s1. The fourth-order valence-corrected chi connectivity index (χ4v) is 7.25. The van der Waals surface area contributed by atoms with Crippen LogP contribution in [0.3, 0.4) is 0 Å². The second kappa shape index (κ2) is 17.9. The van der Waals surface area contributed by atoms with Crippen molar-refractivity contribution in [1.29, 1.82) is 0 Å². The third-order valence-electron chi connectivity index (χ3n) is 8.60. The summed E-state index contributed by atoms with van der Waals surface area (Å²) in [6.45, 7) is 6.64. The van der Waals surface area contributed by atoms with E-state index in [9.17, 15) is 28.5 Å². The second-order valence-corrected chi connectivity index (χ2v) is 15.7. The first-order valence-electron chi connectivity index (χ1n) is 17.9. The molecule has 0 unspecified atom stereocenters. The van der Waals surface area contributed by atoms with Gasteiger partial charge < -0.3 is 19.9 Å². The van der Waals surface area contributed by atoms with E-state index in [1.54, 1.807) is 45.0 Å². The van der Waals surface area contributed by atoms with Crippen LogP contribution in [0.15, 0.2) is 84.9 Å². The van der Waals surface area contributed by atoms with Crippen molar-refractivity contribution in [1.82, 2.24) is 20.7 Å². The van der Waals surface area contributed by atoms with E-state index in [0.29, 0.717) is 18.4 Å². The monoisotopic (exact) mass is 762 g/mol. The molecule has 4 amide bonds. The molecule has 14 nitrogen and oxygen atoms in total. The molecular formula is C39H47N4O10P. The molecule has 0 saturated carbocycles. The minimum Gasteiger partial charge on any atom is -0.458 e. The lowest BCUT2D eigenvalue weighted by Crippen LogP contribution is -2.63. The molecule has 288 valence electrons. The van der Waals surface area contributed by atoms with Crippen LogP contribution in [0.1, 0.15) is 70.1 Å². The number of carbonyl (C=O) groups is 5. The molecule has 2 heterocycles. The summed E-state index contributed by atoms with van der Waals surface area (Å²) in [6.07, 6.45) is 0.801. The van der Waals surface area contributed by atoms with Crippen molar-refractivity contribution in [2.45, 2.75) is 96.7 Å². The van der Waals surface area contributed by atoms with Crippen molar-refractivity contribution >= 4 is 37.4 Å². The van der Waals surface area contributed by atoms with Gasteiger partial charge in [0.25, 0.3) is 5.91 Å². The number of fused-ring (bicyclic) bond motifs is 1. The fourth-order valence-electron chi connectivity index (χ4n) is 6.08. The van der Waals surface area contributed by atoms with Crippen LogP contribution in [-0.4, -0.2) is 69.9 Å². The molecule has 2 fully saturated rings. The van der Waals surface area contributed by atoms with Crippen LogP contribution in [0.2, 0.25) is 0 Å². The van der Waals surface area contributed by atoms with E-state index in [2.05, 4.69) is 10.6 Å². The lowest BCUT2D eigenvalue weighted by Gasteiger charge is -2.43. The highest BCUT2D eigenvalue weighted by Crippen LogP contribution is 2.51. The van der Waals surface area contributed by atoms with Crippen molar-refractivity contribution < 1.29 is 46.8 Å². The summed E-state index contributed by atoms with van der Waals surface area (Å²) in [6, 6.07) is 21.5. The minimum absolute atomic E-state index is 0.00894. The molecule has 2 N–H and O–H groups in total. The third kappa shape index (κ3) is 11.2. The van der Waals surface area contributed by atoms with Gasteiger partial charge in [0.1, 0.15) is 23.4 Å². The van der Waals surface area contributed by atoms with Gasteiger partial charge in [0.15, 0.2) is 6.04 Å². The molecule has 15 heteroatoms. The number of nitrogens with one attached hydrogen (secondary N) is 2. The average Bonchev–Trinajstić information content (AvgIpc) is 3.26. The highest BCUT2D eigenvalue weighted by molar-refractivity contribution is 7.48. The van der Waals surface area contributed by atoms with E-state index in [1.165, 1.54) is 11.9 Å². The quantitative estimate of drug-likeness (QED) is 0.168. The van der Waals surface area contributed by atoms with E-state index >= 15 is 0 Å². The van der Waals surface area contributed by atoms with Gasteiger partial charge in [-0.1, -0.05) is 72.8 Å². The first-order valence-corrected chi connectivity index (χ1v) is 19.3. The number of carbonyl (C=O) groups excluding carboxylic acids is 5. The number of ether oxygens (including phenoxy) is 1. The van der Waals surface area contributed by atoms with Crippen molar-refractivity contribution in [2.75, 3.05) is 6.54 Å². The van der Waals surface area contributed by atoms with E-state index < -0.39 is 55.2 Å². The molecule has 0 aromatic heterocycles. The number of benzene rings is 3. The van der Waals surface area contributed by atoms with Gasteiger partial charge in [0.2, 0.25) is 17.7 Å². The van der Waals surface area contributed by atoms with Crippen LogP contribution in [0.25, 0.3) is 0 Å². The SMILES string of the molecule is CC(=O)N[C@@H](Cc1ccc(OP(=O)(OCc2ccccc2)OCc2ccccc2)cc1)C(=O)N[C@H]1CCC(=O)N2CCC[C@@H](C(=O)OC(C)(C)C)N2C1=O. The zero-order valence-corrected chi connectivity index (χ0v) is 31.8. The van der Waals surface area contributed by atoms with Gasteiger partial charge >= 0.3 is 13.8 Å². The summed E-state index contributed by atoms with van der Waals surface area (Å²) < 4.78 is 36.6. The van der Waals surface area contributed by atoms with Gasteiger partial charge in [-0.2, -0.15) is 0 Å². The number of hydrogen-bond acceptors (Lipinski definition) is 10. The maximum Gasteiger partial charge on any atom is 0.530 e. The molecular weight excluding hydrogens is 715 g/mol. The van der Waals surface area contributed by atoms with Crippen molar-refractivity contribution in [2.24, 2.45) is 0 Å². The number of amides is 4. The maximum absolute atomic E-state index is 13.9. The Balaban J connectivity index is 1.27. The minimum atomic E-state index is -4.13. The van der Waals surface area contributed by atoms with E-state index in [0.717, 1.165) is 16.1 Å². The van der Waals surface area contributed by atoms with E-state index in [1.807, 2.05) is 60.7 Å². The Kier molecular flexibility index (Phi) is 13.3. The van der Waals surface area contributed by atoms with Gasteiger partial charge in [-0.05, 0) is 68.9 Å². The second-order valence-electron chi connectivity index (χ2n) is 14.1. The number of nitrogens with zero attached hydrogens (tertiary/aromatic N) is 2. The molecule has 2 aliphatic heterocycles. The predicted molar refractivity (Wildman–Crippen MR) is 197 cm³/mol. The molecule has 0 aliphatic carbocycles. The number of phosphoric ester groups is 1. The van der Waals surface area contributed by atoms with Crippen molar-refractivity contribution in [3.05, 3.63) is 102 Å². The predicted octanol–water partition coefficient (Wildman–Crippen LogP) is 5.01. The van der Waals surface area contributed by atoms with Gasteiger partial charge in [-0.25, -0.2) is 14.4 Å². The first-order chi connectivity index (χ1) is 25.7. The number of phosphoric acid groups is 1. The molecule has 3 atom stereocenters. The first kappa shape index (κ1) is 40.2. The van der Waals surface area contributed by atoms with Crippen LogP contribution in [0.4, 0.5) is 0 Å². The van der Waals surface area contributed by atoms with Gasteiger partial charge in [0, 0.05) is 26.3 Å². The van der Waals surface area contributed by atoms with E-state index in [-0.39, 0.29) is 50.7 Å². The average molecular weight is 763 g/mol. The molecule has 5 rings (SSSR count). The zero-order chi connectivity index (χ0) is 38.9. The topological polar surface area (TPSA) is 170 Å². The summed E-state index contributed by atoms with van der Waals surface area (Å²) in [7, 11) is -4.13. The Morgan fingerprint density at radius 1 is 0.852 bits per heavy atom. The van der Waals surface area contributed by atoms with E-state index in [4.69, 9.17) is 18.3 Å². The summed E-state index contributed by atoms with van der Waals surface area (Å²) >= 11 is 0. The molecule has 3 aromatic carbocycles. The Morgan fingerprint density at radius 2 is 1.44 bits per heavy atom. The maximum atomic E-state index is 13.9. The molecule has 2 saturated heterocycles. The fraction of sp³-hybridized carbons (Fsp3) is 0.410. The van der Waals surface area contributed by atoms with Crippen LogP contribution < -0.4 is 15.2 Å². The van der Waals surface area contributed by atoms with Gasteiger partial charge in [-0.15, -0.1) is 0 Å². The highest BCUT2D eigenvalue weighted by atomic mass is 31.2. The summed E-state index contributed by atoms with van der Waals surface area (Å²) in [5.74, 6) is -2.52. The number of esters is 1. The normalized spacial score (nSPS) is 18.2. The lowest BCUT2D eigenvalue weighted by molar-refractivity contribution is -0.188. The molecule has 0 spiro atoms. The molecule has 2 aliphatic rings. The Hall–Kier alpha value is -5.04. The molecule has 54 heavy (non-hydrogen) atoms. The van der Waals surface area contributed by atoms with Crippen LogP contribution in [-0.2, 0) is 62.0 Å². The highest BCUT2D eigenvalue weighted by Gasteiger charge is 2.46. The largest absolute Gasteiger partial charge is 0.530 e. The summed E-state index contributed by atoms with van der Waals surface area (Å²) in [4.78, 5) is 66.1. The van der Waals surface area contributed by atoms with Crippen molar-refractivity contribution in [3.63, 3.8) is 0 Å². The number of hydrogen-bond donors (Lipinski definition) is 2.